The molecule has 5 nitrogen and oxygen atoms in total. The van der Waals surface area contributed by atoms with Gasteiger partial charge in [-0.3, -0.25) is 4.79 Å². The van der Waals surface area contributed by atoms with Gasteiger partial charge in [0, 0.05) is 18.9 Å². The van der Waals surface area contributed by atoms with Gasteiger partial charge in [0.25, 0.3) is 0 Å². The Hall–Kier alpha value is -3.31. The smallest absolute Gasteiger partial charge is 0.223 e. The van der Waals surface area contributed by atoms with Crippen molar-refractivity contribution in [1.29, 1.82) is 0 Å². The van der Waals surface area contributed by atoms with Crippen LogP contribution in [0.25, 0.3) is 11.0 Å². The molecule has 6 heteroatoms. The summed E-state index contributed by atoms with van der Waals surface area (Å²) in [6.45, 7) is 3.83. The fourth-order valence-electron chi connectivity index (χ4n) is 4.64. The zero-order valence-electron chi connectivity index (χ0n) is 18.5. The number of likely N-dealkylation sites (tertiary alicyclic amines) is 1. The van der Waals surface area contributed by atoms with Crippen LogP contribution in [0.5, 0.6) is 5.75 Å². The number of amides is 1. The molecule has 1 aromatic heterocycles. The molecule has 0 bridgehead atoms. The van der Waals surface area contributed by atoms with Crippen LogP contribution in [0.15, 0.2) is 78.9 Å². The lowest BCUT2D eigenvalue weighted by Gasteiger charge is -2.25. The summed E-state index contributed by atoms with van der Waals surface area (Å²) < 4.78 is 8.15. The first kappa shape index (κ1) is 21.5. The number of carbonyl (C=O) groups is 1. The first-order chi connectivity index (χ1) is 16.1. The highest BCUT2D eigenvalue weighted by Gasteiger charge is 2.36. The van der Waals surface area contributed by atoms with Crippen LogP contribution in [0.4, 0.5) is 0 Å². The molecule has 33 heavy (non-hydrogen) atoms. The zero-order valence-corrected chi connectivity index (χ0v) is 19.3. The van der Waals surface area contributed by atoms with E-state index < -0.39 is 0 Å². The maximum Gasteiger partial charge on any atom is 0.223 e. The van der Waals surface area contributed by atoms with Crippen molar-refractivity contribution in [2.75, 3.05) is 13.2 Å². The first-order valence-electron chi connectivity index (χ1n) is 11.3. The molecular weight excluding hydrogens is 434 g/mol. The van der Waals surface area contributed by atoms with Gasteiger partial charge in [0.05, 0.1) is 28.6 Å². The molecule has 1 saturated heterocycles. The molecule has 0 aliphatic carbocycles. The lowest BCUT2D eigenvalue weighted by molar-refractivity contribution is -0.129. The lowest BCUT2D eigenvalue weighted by atomic mass is 10.1. The summed E-state index contributed by atoms with van der Waals surface area (Å²) in [6.07, 6.45) is 0.464. The van der Waals surface area contributed by atoms with Crippen molar-refractivity contribution < 1.29 is 9.53 Å². The number of nitrogens with zero attached hydrogens (tertiary/aromatic N) is 3. The third-order valence-electron chi connectivity index (χ3n) is 6.37. The van der Waals surface area contributed by atoms with E-state index in [1.807, 2.05) is 65.6 Å². The maximum absolute atomic E-state index is 13.0. The highest BCUT2D eigenvalue weighted by molar-refractivity contribution is 6.32. The highest BCUT2D eigenvalue weighted by atomic mass is 35.5. The van der Waals surface area contributed by atoms with Crippen LogP contribution in [-0.2, 0) is 11.3 Å². The van der Waals surface area contributed by atoms with Gasteiger partial charge in [-0.2, -0.15) is 0 Å². The molecule has 3 aromatic carbocycles. The average molecular weight is 460 g/mol. The van der Waals surface area contributed by atoms with Gasteiger partial charge in [-0.1, -0.05) is 66.2 Å². The minimum absolute atomic E-state index is 0.0325. The van der Waals surface area contributed by atoms with E-state index in [9.17, 15) is 4.79 Å². The summed E-state index contributed by atoms with van der Waals surface area (Å²) in [5.41, 5.74) is 3.14. The highest BCUT2D eigenvalue weighted by Crippen LogP contribution is 2.35. The Morgan fingerprint density at radius 1 is 1.03 bits per heavy atom. The minimum Gasteiger partial charge on any atom is -0.490 e. The Kier molecular flexibility index (Phi) is 6.05. The average Bonchev–Trinajstić information content (AvgIpc) is 3.41. The molecule has 2 atom stereocenters. The summed E-state index contributed by atoms with van der Waals surface area (Å²) in [5.74, 6) is 1.82. The topological polar surface area (TPSA) is 47.4 Å². The summed E-state index contributed by atoms with van der Waals surface area (Å²) in [4.78, 5) is 19.9. The number of aromatic nitrogens is 2. The van der Waals surface area contributed by atoms with E-state index >= 15 is 0 Å². The van der Waals surface area contributed by atoms with Gasteiger partial charge in [0.1, 0.15) is 18.2 Å². The first-order valence-corrected chi connectivity index (χ1v) is 11.7. The quantitative estimate of drug-likeness (QED) is 0.348. The van der Waals surface area contributed by atoms with Crippen LogP contribution in [0.1, 0.15) is 36.7 Å². The summed E-state index contributed by atoms with van der Waals surface area (Å²) in [6, 6.07) is 25.8. The van der Waals surface area contributed by atoms with Crippen LogP contribution < -0.4 is 4.74 Å². The predicted molar refractivity (Wildman–Crippen MR) is 131 cm³/mol. The Morgan fingerprint density at radius 3 is 2.58 bits per heavy atom. The zero-order chi connectivity index (χ0) is 22.8. The molecule has 1 aliphatic rings. The number of imidazole rings is 1. The number of hydrogen-bond donors (Lipinski definition) is 0. The largest absolute Gasteiger partial charge is 0.490 e. The van der Waals surface area contributed by atoms with E-state index in [4.69, 9.17) is 21.3 Å². The standard InChI is InChI=1S/C27H26ClN3O2/c1-19(20-9-3-2-4-10-20)31-18-21(17-26(31)32)27-29-23-12-6-7-13-24(23)30(27)15-16-33-25-14-8-5-11-22(25)28/h2-14,19,21H,15-18H2,1H3. The lowest BCUT2D eigenvalue weighted by Crippen LogP contribution is -2.28. The second-order valence-corrected chi connectivity index (χ2v) is 8.83. The summed E-state index contributed by atoms with van der Waals surface area (Å²) >= 11 is 6.24. The predicted octanol–water partition coefficient (Wildman–Crippen LogP) is 5.85. The summed E-state index contributed by atoms with van der Waals surface area (Å²) in [5, 5.41) is 0.597. The van der Waals surface area contributed by atoms with Crippen molar-refractivity contribution >= 4 is 28.5 Å². The number of hydrogen-bond acceptors (Lipinski definition) is 3. The van der Waals surface area contributed by atoms with E-state index in [1.54, 1.807) is 0 Å². The Labute approximate surface area is 198 Å². The molecule has 1 aliphatic heterocycles. The van der Waals surface area contributed by atoms with Crippen molar-refractivity contribution in [2.45, 2.75) is 31.8 Å². The second-order valence-electron chi connectivity index (χ2n) is 8.42. The Morgan fingerprint density at radius 2 is 1.76 bits per heavy atom. The van der Waals surface area contributed by atoms with Gasteiger partial charge < -0.3 is 14.2 Å². The Balaban J connectivity index is 1.39. The molecule has 4 aromatic rings. The molecule has 0 radical (unpaired) electrons. The minimum atomic E-state index is 0.0325. The molecule has 5 rings (SSSR count). The van der Waals surface area contributed by atoms with Gasteiger partial charge in [0.2, 0.25) is 5.91 Å². The molecule has 0 N–H and O–H groups in total. The third kappa shape index (κ3) is 4.33. The van der Waals surface area contributed by atoms with E-state index in [-0.39, 0.29) is 17.9 Å². The van der Waals surface area contributed by atoms with Crippen LogP contribution in [0, 0.1) is 0 Å². The van der Waals surface area contributed by atoms with Gasteiger partial charge in [-0.05, 0) is 36.8 Å². The van der Waals surface area contributed by atoms with Gasteiger partial charge >= 0.3 is 0 Å². The third-order valence-corrected chi connectivity index (χ3v) is 6.68. The van der Waals surface area contributed by atoms with Gasteiger partial charge in [-0.15, -0.1) is 0 Å². The van der Waals surface area contributed by atoms with E-state index in [0.717, 1.165) is 22.4 Å². The van der Waals surface area contributed by atoms with Crippen molar-refractivity contribution in [3.8, 4) is 5.75 Å². The van der Waals surface area contributed by atoms with Crippen LogP contribution >= 0.6 is 11.6 Å². The van der Waals surface area contributed by atoms with Crippen molar-refractivity contribution in [1.82, 2.24) is 14.5 Å². The fourth-order valence-corrected chi connectivity index (χ4v) is 4.83. The Bertz CT molecular complexity index is 1270. The number of benzene rings is 3. The number of para-hydroxylation sites is 3. The molecule has 0 spiro atoms. The number of fused-ring (bicyclic) bond motifs is 1. The number of halogens is 1. The van der Waals surface area contributed by atoms with Gasteiger partial charge in [0.15, 0.2) is 0 Å². The molecule has 2 unspecified atom stereocenters. The van der Waals surface area contributed by atoms with Crippen LogP contribution in [-0.4, -0.2) is 33.5 Å². The van der Waals surface area contributed by atoms with E-state index in [0.29, 0.717) is 36.9 Å². The normalized spacial score (nSPS) is 17.0. The number of ether oxygens (including phenoxy) is 1. The number of carbonyl (C=O) groups excluding carboxylic acids is 1. The van der Waals surface area contributed by atoms with Crippen LogP contribution in [0.2, 0.25) is 5.02 Å². The van der Waals surface area contributed by atoms with Crippen LogP contribution in [0.3, 0.4) is 0 Å². The number of rotatable bonds is 7. The summed E-state index contributed by atoms with van der Waals surface area (Å²) in [7, 11) is 0. The van der Waals surface area contributed by atoms with E-state index in [1.165, 1.54) is 0 Å². The molecular formula is C27H26ClN3O2. The van der Waals surface area contributed by atoms with Crippen molar-refractivity contribution in [3.05, 3.63) is 95.3 Å². The second kappa shape index (κ2) is 9.28. The maximum atomic E-state index is 13.0. The SMILES string of the molecule is CC(c1ccccc1)N1CC(c2nc3ccccc3n2CCOc2ccccc2Cl)CC1=O. The van der Waals surface area contributed by atoms with Crippen molar-refractivity contribution in [3.63, 3.8) is 0 Å². The monoisotopic (exact) mass is 459 g/mol. The van der Waals surface area contributed by atoms with E-state index in [2.05, 4.69) is 29.7 Å². The van der Waals surface area contributed by atoms with Crippen molar-refractivity contribution in [2.24, 2.45) is 0 Å². The molecule has 0 saturated carbocycles. The van der Waals surface area contributed by atoms with Gasteiger partial charge in [-0.25, -0.2) is 4.98 Å². The fraction of sp³-hybridized carbons (Fsp3) is 0.259. The molecule has 2 heterocycles. The molecule has 1 amide bonds. The molecule has 168 valence electrons. The molecule has 1 fully saturated rings.